The summed E-state index contributed by atoms with van der Waals surface area (Å²) in [6.45, 7) is 8.13. The Kier molecular flexibility index (Phi) is 4.51. The van der Waals surface area contributed by atoms with Crippen molar-refractivity contribution in [3.05, 3.63) is 35.7 Å². The average Bonchev–Trinajstić information content (AvgIpc) is 2.36. The van der Waals surface area contributed by atoms with Crippen molar-refractivity contribution in [2.24, 2.45) is 0 Å². The zero-order chi connectivity index (χ0) is 12.0. The molecule has 4 nitrogen and oxygen atoms in total. The fraction of sp³-hybridized carbons (Fsp3) is 0.333. The number of hydrogen-bond donors (Lipinski definition) is 0. The Labute approximate surface area is 95.8 Å². The van der Waals surface area contributed by atoms with Crippen molar-refractivity contribution in [2.45, 2.75) is 27.7 Å². The third-order valence-electron chi connectivity index (χ3n) is 2.17. The molecule has 0 radical (unpaired) electrons. The highest BCUT2D eigenvalue weighted by Crippen LogP contribution is 2.16. The second kappa shape index (κ2) is 5.90. The van der Waals surface area contributed by atoms with Crippen LogP contribution in [0, 0.1) is 13.8 Å². The summed E-state index contributed by atoms with van der Waals surface area (Å²) in [5.41, 5.74) is 3.43. The van der Waals surface area contributed by atoms with Gasteiger partial charge in [-0.3, -0.25) is 0 Å². The van der Waals surface area contributed by atoms with Crippen molar-refractivity contribution in [3.8, 4) is 11.4 Å². The van der Waals surface area contributed by atoms with Gasteiger partial charge in [-0.05, 0) is 31.0 Å². The molecule has 0 N–H and O–H groups in total. The summed E-state index contributed by atoms with van der Waals surface area (Å²) in [4.78, 5) is 0. The van der Waals surface area contributed by atoms with Crippen LogP contribution in [0.3, 0.4) is 0 Å². The molecule has 2 aromatic rings. The smallest absolute Gasteiger partial charge is 0.135 e. The van der Waals surface area contributed by atoms with Gasteiger partial charge >= 0.3 is 0 Å². The standard InChI is InChI=1S/C10H10N4.C2H6/c1-7-3-4-9(5-8(7)2)10-13-11-6-12-14-10;1-2/h3-6H,1-2H3;1-2H3. The molecule has 0 aliphatic rings. The van der Waals surface area contributed by atoms with Gasteiger partial charge in [0.1, 0.15) is 0 Å². The van der Waals surface area contributed by atoms with E-state index in [1.54, 1.807) is 0 Å². The maximum Gasteiger partial charge on any atom is 0.203 e. The lowest BCUT2D eigenvalue weighted by Gasteiger charge is -2.01. The van der Waals surface area contributed by atoms with Crippen molar-refractivity contribution in [3.63, 3.8) is 0 Å². The van der Waals surface area contributed by atoms with Crippen molar-refractivity contribution >= 4 is 0 Å². The van der Waals surface area contributed by atoms with Gasteiger partial charge in [0.25, 0.3) is 0 Å². The summed E-state index contributed by atoms with van der Waals surface area (Å²) >= 11 is 0. The maximum atomic E-state index is 3.90. The molecular formula is C12H16N4. The zero-order valence-electron chi connectivity index (χ0n) is 10.1. The first-order valence-electron chi connectivity index (χ1n) is 5.35. The van der Waals surface area contributed by atoms with E-state index in [-0.39, 0.29) is 0 Å². The summed E-state index contributed by atoms with van der Waals surface area (Å²) in [5, 5.41) is 15.2. The van der Waals surface area contributed by atoms with Gasteiger partial charge < -0.3 is 0 Å². The van der Waals surface area contributed by atoms with Gasteiger partial charge in [-0.25, -0.2) is 0 Å². The van der Waals surface area contributed by atoms with E-state index < -0.39 is 0 Å². The second-order valence-corrected chi connectivity index (χ2v) is 3.17. The van der Waals surface area contributed by atoms with Crippen molar-refractivity contribution in [2.75, 3.05) is 0 Å². The lowest BCUT2D eigenvalue weighted by Crippen LogP contribution is -1.94. The summed E-state index contributed by atoms with van der Waals surface area (Å²) in [6.07, 6.45) is 1.32. The first-order valence-corrected chi connectivity index (χ1v) is 5.35. The van der Waals surface area contributed by atoms with E-state index in [9.17, 15) is 0 Å². The van der Waals surface area contributed by atoms with Gasteiger partial charge in [0, 0.05) is 5.56 Å². The Morgan fingerprint density at radius 2 is 1.50 bits per heavy atom. The number of aryl methyl sites for hydroxylation is 2. The highest BCUT2D eigenvalue weighted by atomic mass is 15.3. The van der Waals surface area contributed by atoms with Crippen LogP contribution in [0.1, 0.15) is 25.0 Å². The molecule has 4 heteroatoms. The second-order valence-electron chi connectivity index (χ2n) is 3.17. The van der Waals surface area contributed by atoms with Crippen LogP contribution in [0.15, 0.2) is 24.5 Å². The fourth-order valence-corrected chi connectivity index (χ4v) is 1.20. The summed E-state index contributed by atoms with van der Waals surface area (Å²) < 4.78 is 0. The Bertz CT molecular complexity index is 440. The summed E-state index contributed by atoms with van der Waals surface area (Å²) in [6, 6.07) is 6.05. The first kappa shape index (κ1) is 12.2. The van der Waals surface area contributed by atoms with Gasteiger partial charge in [0.05, 0.1) is 0 Å². The number of benzene rings is 1. The number of aromatic nitrogens is 4. The molecule has 1 aromatic heterocycles. The topological polar surface area (TPSA) is 51.6 Å². The SMILES string of the molecule is CC.Cc1ccc(-c2nncnn2)cc1C. The van der Waals surface area contributed by atoms with Crippen LogP contribution in [0.2, 0.25) is 0 Å². The molecule has 84 valence electrons. The zero-order valence-corrected chi connectivity index (χ0v) is 10.1. The molecule has 0 aliphatic carbocycles. The quantitative estimate of drug-likeness (QED) is 0.735. The van der Waals surface area contributed by atoms with Crippen molar-refractivity contribution < 1.29 is 0 Å². The molecule has 0 spiro atoms. The fourth-order valence-electron chi connectivity index (χ4n) is 1.20. The monoisotopic (exact) mass is 216 g/mol. The molecular weight excluding hydrogens is 200 g/mol. The number of nitrogens with zero attached hydrogens (tertiary/aromatic N) is 4. The minimum Gasteiger partial charge on any atom is -0.135 e. The van der Waals surface area contributed by atoms with E-state index in [0.29, 0.717) is 5.82 Å². The molecule has 0 saturated heterocycles. The number of hydrogen-bond acceptors (Lipinski definition) is 4. The Morgan fingerprint density at radius 3 is 2.06 bits per heavy atom. The van der Waals surface area contributed by atoms with Crippen LogP contribution < -0.4 is 0 Å². The lowest BCUT2D eigenvalue weighted by atomic mass is 10.1. The highest BCUT2D eigenvalue weighted by molar-refractivity contribution is 5.56. The Balaban J connectivity index is 0.000000606. The van der Waals surface area contributed by atoms with E-state index in [2.05, 4.69) is 34.2 Å². The van der Waals surface area contributed by atoms with E-state index in [1.165, 1.54) is 17.5 Å². The van der Waals surface area contributed by atoms with Gasteiger partial charge in [-0.2, -0.15) is 0 Å². The Hall–Kier alpha value is -1.84. The lowest BCUT2D eigenvalue weighted by molar-refractivity contribution is 0.864. The molecule has 0 atom stereocenters. The molecule has 0 aliphatic heterocycles. The molecule has 0 fully saturated rings. The van der Waals surface area contributed by atoms with Crippen LogP contribution in [-0.4, -0.2) is 20.4 Å². The highest BCUT2D eigenvalue weighted by Gasteiger charge is 2.02. The molecule has 0 unspecified atom stereocenters. The van der Waals surface area contributed by atoms with Crippen molar-refractivity contribution in [1.82, 2.24) is 20.4 Å². The van der Waals surface area contributed by atoms with Gasteiger partial charge in [0.2, 0.25) is 5.82 Å². The third kappa shape index (κ3) is 2.82. The molecule has 0 bridgehead atoms. The summed E-state index contributed by atoms with van der Waals surface area (Å²) in [5.74, 6) is 0.565. The van der Waals surface area contributed by atoms with Crippen LogP contribution in [-0.2, 0) is 0 Å². The van der Waals surface area contributed by atoms with E-state index >= 15 is 0 Å². The molecule has 1 aromatic carbocycles. The van der Waals surface area contributed by atoms with Gasteiger partial charge in [0.15, 0.2) is 6.33 Å². The minimum absolute atomic E-state index is 0.565. The molecule has 1 heterocycles. The molecule has 0 amide bonds. The maximum absolute atomic E-state index is 3.90. The normalized spacial score (nSPS) is 9.25. The van der Waals surface area contributed by atoms with Crippen LogP contribution in [0.4, 0.5) is 0 Å². The van der Waals surface area contributed by atoms with Crippen LogP contribution in [0.25, 0.3) is 11.4 Å². The number of rotatable bonds is 1. The van der Waals surface area contributed by atoms with E-state index in [4.69, 9.17) is 0 Å². The van der Waals surface area contributed by atoms with E-state index in [0.717, 1.165) is 5.56 Å². The minimum atomic E-state index is 0.565. The van der Waals surface area contributed by atoms with Crippen LogP contribution >= 0.6 is 0 Å². The predicted octanol–water partition coefficient (Wildman–Crippen LogP) is 2.58. The van der Waals surface area contributed by atoms with Gasteiger partial charge in [-0.15, -0.1) is 20.4 Å². The average molecular weight is 216 g/mol. The van der Waals surface area contributed by atoms with Crippen molar-refractivity contribution in [1.29, 1.82) is 0 Å². The molecule has 2 rings (SSSR count). The molecule has 16 heavy (non-hydrogen) atoms. The first-order chi connectivity index (χ1) is 7.77. The molecule has 0 saturated carbocycles. The predicted molar refractivity (Wildman–Crippen MR) is 63.9 cm³/mol. The van der Waals surface area contributed by atoms with Gasteiger partial charge in [-0.1, -0.05) is 26.0 Å². The third-order valence-corrected chi connectivity index (χ3v) is 2.17. The van der Waals surface area contributed by atoms with E-state index in [1.807, 2.05) is 32.0 Å². The largest absolute Gasteiger partial charge is 0.203 e. The summed E-state index contributed by atoms with van der Waals surface area (Å²) in [7, 11) is 0. The van der Waals surface area contributed by atoms with Crippen LogP contribution in [0.5, 0.6) is 0 Å². The Morgan fingerprint density at radius 1 is 0.875 bits per heavy atom.